The van der Waals surface area contributed by atoms with Crippen LogP contribution in [0.5, 0.6) is 0 Å². The van der Waals surface area contributed by atoms with Crippen molar-refractivity contribution in [1.29, 1.82) is 10.5 Å². The maximum absolute atomic E-state index is 12.9. The molecule has 3 rings (SSSR count). The molecule has 0 aliphatic rings. The largest absolute Gasteiger partial charge is 0.338 e. The van der Waals surface area contributed by atoms with Crippen molar-refractivity contribution in [2.75, 3.05) is 13.1 Å². The first-order valence-electron chi connectivity index (χ1n) is 8.35. The summed E-state index contributed by atoms with van der Waals surface area (Å²) in [6, 6.07) is 18.1. The minimum Gasteiger partial charge on any atom is -0.338 e. The van der Waals surface area contributed by atoms with E-state index in [0.717, 1.165) is 5.56 Å². The first-order valence-corrected chi connectivity index (χ1v) is 9.79. The number of aromatic amines is 1. The molecule has 0 aliphatic carbocycles. The first-order chi connectivity index (χ1) is 13.1. The molecule has 0 spiro atoms. The molecular formula is C19H17N5O2S. The zero-order valence-corrected chi connectivity index (χ0v) is 15.3. The second-order valence-electron chi connectivity index (χ2n) is 5.85. The maximum atomic E-state index is 12.9. The molecule has 0 fully saturated rings. The van der Waals surface area contributed by atoms with E-state index >= 15 is 0 Å². The van der Waals surface area contributed by atoms with Crippen molar-refractivity contribution >= 4 is 21.1 Å². The average molecular weight is 379 g/mol. The van der Waals surface area contributed by atoms with Crippen molar-refractivity contribution in [3.05, 3.63) is 48.5 Å². The monoisotopic (exact) mass is 379 g/mol. The third-order valence-corrected chi connectivity index (χ3v) is 5.98. The molecule has 136 valence electrons. The molecule has 3 aromatic rings. The Hall–Kier alpha value is -3.20. The van der Waals surface area contributed by atoms with E-state index in [4.69, 9.17) is 10.5 Å². The lowest BCUT2D eigenvalue weighted by atomic mass is 10.2. The number of aromatic nitrogens is 2. The van der Waals surface area contributed by atoms with Crippen LogP contribution in [-0.4, -0.2) is 35.8 Å². The smallest absolute Gasteiger partial charge is 0.243 e. The third kappa shape index (κ3) is 3.98. The van der Waals surface area contributed by atoms with Gasteiger partial charge in [0.25, 0.3) is 0 Å². The summed E-state index contributed by atoms with van der Waals surface area (Å²) in [5.41, 5.74) is 2.17. The fourth-order valence-electron chi connectivity index (χ4n) is 2.73. The fourth-order valence-corrected chi connectivity index (χ4v) is 4.20. The van der Waals surface area contributed by atoms with Gasteiger partial charge >= 0.3 is 0 Å². The van der Waals surface area contributed by atoms with E-state index in [0.29, 0.717) is 16.9 Å². The van der Waals surface area contributed by atoms with E-state index in [-0.39, 0.29) is 30.8 Å². The molecule has 0 aliphatic heterocycles. The minimum atomic E-state index is -3.81. The molecule has 1 heterocycles. The SMILES string of the molecule is N#CCCN(CCC#N)S(=O)(=O)c1ccc2nc(-c3ccccc3)[nH]c2c1. The van der Waals surface area contributed by atoms with Gasteiger partial charge in [-0.05, 0) is 18.2 Å². The van der Waals surface area contributed by atoms with Crippen LogP contribution in [0, 0.1) is 22.7 Å². The second-order valence-corrected chi connectivity index (χ2v) is 7.79. The Balaban J connectivity index is 1.97. The number of benzene rings is 2. The Morgan fingerprint density at radius 3 is 2.30 bits per heavy atom. The summed E-state index contributed by atoms with van der Waals surface area (Å²) >= 11 is 0. The van der Waals surface area contributed by atoms with Gasteiger partial charge in [0.2, 0.25) is 10.0 Å². The van der Waals surface area contributed by atoms with Gasteiger partial charge in [-0.15, -0.1) is 0 Å². The topological polar surface area (TPSA) is 114 Å². The summed E-state index contributed by atoms with van der Waals surface area (Å²) in [6.07, 6.45) is 0.129. The Morgan fingerprint density at radius 1 is 1.00 bits per heavy atom. The van der Waals surface area contributed by atoms with E-state index < -0.39 is 10.0 Å². The molecule has 27 heavy (non-hydrogen) atoms. The molecular weight excluding hydrogens is 362 g/mol. The van der Waals surface area contributed by atoms with E-state index in [9.17, 15) is 8.42 Å². The van der Waals surface area contributed by atoms with Crippen LogP contribution in [0.25, 0.3) is 22.4 Å². The highest BCUT2D eigenvalue weighted by Gasteiger charge is 2.24. The van der Waals surface area contributed by atoms with Crippen molar-refractivity contribution in [2.45, 2.75) is 17.7 Å². The number of hydrogen-bond donors (Lipinski definition) is 1. The van der Waals surface area contributed by atoms with Crippen LogP contribution in [0.1, 0.15) is 12.8 Å². The van der Waals surface area contributed by atoms with Crippen LogP contribution in [0.2, 0.25) is 0 Å². The van der Waals surface area contributed by atoms with Gasteiger partial charge < -0.3 is 4.98 Å². The summed E-state index contributed by atoms with van der Waals surface area (Å²) in [4.78, 5) is 7.76. The average Bonchev–Trinajstić information content (AvgIpc) is 3.12. The Bertz CT molecular complexity index is 1110. The predicted molar refractivity (Wildman–Crippen MR) is 101 cm³/mol. The number of rotatable bonds is 7. The summed E-state index contributed by atoms with van der Waals surface area (Å²) < 4.78 is 27.1. The van der Waals surface area contributed by atoms with Crippen LogP contribution in [-0.2, 0) is 10.0 Å². The van der Waals surface area contributed by atoms with Crippen LogP contribution < -0.4 is 0 Å². The van der Waals surface area contributed by atoms with Crippen molar-refractivity contribution in [2.24, 2.45) is 0 Å². The van der Waals surface area contributed by atoms with Gasteiger partial charge in [-0.2, -0.15) is 14.8 Å². The van der Waals surface area contributed by atoms with Gasteiger partial charge in [-0.1, -0.05) is 30.3 Å². The van der Waals surface area contributed by atoms with E-state index in [2.05, 4.69) is 9.97 Å². The van der Waals surface area contributed by atoms with Crippen molar-refractivity contribution in [3.8, 4) is 23.5 Å². The molecule has 0 radical (unpaired) electrons. The van der Waals surface area contributed by atoms with Crippen LogP contribution in [0.3, 0.4) is 0 Å². The molecule has 8 heteroatoms. The quantitative estimate of drug-likeness (QED) is 0.678. The first kappa shape index (κ1) is 18.6. The number of sulfonamides is 1. The number of H-pyrrole nitrogens is 1. The van der Waals surface area contributed by atoms with Gasteiger partial charge in [0.1, 0.15) is 5.82 Å². The highest BCUT2D eigenvalue weighted by molar-refractivity contribution is 7.89. The summed E-state index contributed by atoms with van der Waals surface area (Å²) in [5.74, 6) is 0.658. The lowest BCUT2D eigenvalue weighted by molar-refractivity contribution is 0.425. The van der Waals surface area contributed by atoms with Gasteiger partial charge in [-0.3, -0.25) is 0 Å². The van der Waals surface area contributed by atoms with E-state index in [1.54, 1.807) is 6.07 Å². The Labute approximate surface area is 157 Å². The highest BCUT2D eigenvalue weighted by Crippen LogP contribution is 2.24. The van der Waals surface area contributed by atoms with Crippen LogP contribution >= 0.6 is 0 Å². The molecule has 7 nitrogen and oxygen atoms in total. The number of imidazole rings is 1. The zero-order chi connectivity index (χ0) is 19.3. The van der Waals surface area contributed by atoms with Crippen LogP contribution in [0.15, 0.2) is 53.4 Å². The molecule has 0 bridgehead atoms. The predicted octanol–water partition coefficient (Wildman–Crippen LogP) is 3.05. The maximum Gasteiger partial charge on any atom is 0.243 e. The Morgan fingerprint density at radius 2 is 1.67 bits per heavy atom. The third-order valence-electron chi connectivity index (χ3n) is 4.08. The van der Waals surface area contributed by atoms with Crippen molar-refractivity contribution in [3.63, 3.8) is 0 Å². The molecule has 0 saturated heterocycles. The van der Waals surface area contributed by atoms with Crippen molar-refractivity contribution in [1.82, 2.24) is 14.3 Å². The lowest BCUT2D eigenvalue weighted by Crippen LogP contribution is -2.32. The zero-order valence-electron chi connectivity index (χ0n) is 14.5. The standard InChI is InChI=1S/C19H17N5O2S/c20-10-4-12-24(13-5-11-21)27(25,26)16-8-9-17-18(14-16)23-19(22-17)15-6-2-1-3-7-15/h1-3,6-9,14H,4-5,12-13H2,(H,22,23). The van der Waals surface area contributed by atoms with Gasteiger partial charge in [-0.25, -0.2) is 13.4 Å². The van der Waals surface area contributed by atoms with Gasteiger partial charge in [0, 0.05) is 31.5 Å². The molecule has 1 aromatic heterocycles. The Kier molecular flexibility index (Phi) is 5.51. The van der Waals surface area contributed by atoms with Gasteiger partial charge in [0.15, 0.2) is 0 Å². The normalized spacial score (nSPS) is 11.4. The highest BCUT2D eigenvalue weighted by atomic mass is 32.2. The molecule has 0 unspecified atom stereocenters. The van der Waals surface area contributed by atoms with Gasteiger partial charge in [0.05, 0.1) is 28.1 Å². The number of nitriles is 2. The summed E-state index contributed by atoms with van der Waals surface area (Å²) in [5, 5.41) is 17.6. The lowest BCUT2D eigenvalue weighted by Gasteiger charge is -2.19. The van der Waals surface area contributed by atoms with Crippen molar-refractivity contribution < 1.29 is 8.42 Å². The molecule has 0 atom stereocenters. The minimum absolute atomic E-state index is 0.0524. The molecule has 2 aromatic carbocycles. The fraction of sp³-hybridized carbons (Fsp3) is 0.211. The van der Waals surface area contributed by atoms with E-state index in [1.165, 1.54) is 16.4 Å². The van der Waals surface area contributed by atoms with E-state index in [1.807, 2.05) is 42.5 Å². The number of hydrogen-bond acceptors (Lipinski definition) is 5. The summed E-state index contributed by atoms with van der Waals surface area (Å²) in [6.45, 7) is 0.105. The molecule has 0 saturated carbocycles. The molecule has 0 amide bonds. The number of nitrogens with one attached hydrogen (secondary N) is 1. The number of fused-ring (bicyclic) bond motifs is 1. The second kappa shape index (κ2) is 8.00. The summed E-state index contributed by atoms with van der Waals surface area (Å²) in [7, 11) is -3.81. The molecule has 1 N–H and O–H groups in total. The van der Waals surface area contributed by atoms with Crippen LogP contribution in [0.4, 0.5) is 0 Å². The number of nitrogens with zero attached hydrogens (tertiary/aromatic N) is 4.